The molecule has 1 unspecified atom stereocenters. The maximum Gasteiger partial charge on any atom is 0.241 e. The molecule has 1 amide bonds. The Kier molecular flexibility index (Phi) is 4.77. The van der Waals surface area contributed by atoms with Gasteiger partial charge in [-0.3, -0.25) is 9.59 Å². The van der Waals surface area contributed by atoms with Crippen LogP contribution in [0.25, 0.3) is 0 Å². The van der Waals surface area contributed by atoms with Crippen molar-refractivity contribution in [3.63, 3.8) is 0 Å². The number of benzene rings is 1. The normalized spacial score (nSPS) is 18.7. The summed E-state index contributed by atoms with van der Waals surface area (Å²) in [5, 5.41) is 3.12. The summed E-state index contributed by atoms with van der Waals surface area (Å²) >= 11 is 0. The molecule has 0 bridgehead atoms. The van der Waals surface area contributed by atoms with Crippen LogP contribution < -0.4 is 5.32 Å². The zero-order valence-electron chi connectivity index (χ0n) is 12.2. The first kappa shape index (κ1) is 14.6. The molecule has 0 saturated carbocycles. The second-order valence-electron chi connectivity index (χ2n) is 5.57. The fourth-order valence-corrected chi connectivity index (χ4v) is 2.53. The molecular formula is C16H22N2O2. The van der Waals surface area contributed by atoms with Crippen molar-refractivity contribution in [3.05, 3.63) is 29.8 Å². The molecule has 0 spiro atoms. The highest BCUT2D eigenvalue weighted by molar-refractivity contribution is 5.94. The van der Waals surface area contributed by atoms with Crippen molar-refractivity contribution in [2.75, 3.05) is 25.0 Å². The third-order valence-electron chi connectivity index (χ3n) is 3.74. The topological polar surface area (TPSA) is 49.4 Å². The number of anilines is 1. The van der Waals surface area contributed by atoms with Gasteiger partial charge in [-0.1, -0.05) is 6.92 Å². The minimum Gasteiger partial charge on any atom is -0.376 e. The second-order valence-corrected chi connectivity index (χ2v) is 5.57. The fourth-order valence-electron chi connectivity index (χ4n) is 2.53. The van der Waals surface area contributed by atoms with Crippen molar-refractivity contribution in [3.8, 4) is 0 Å². The van der Waals surface area contributed by atoms with E-state index in [4.69, 9.17) is 0 Å². The average molecular weight is 274 g/mol. The Morgan fingerprint density at radius 1 is 1.30 bits per heavy atom. The lowest BCUT2D eigenvalue weighted by atomic mass is 10.0. The molecule has 0 radical (unpaired) electrons. The first-order chi connectivity index (χ1) is 9.56. The number of hydrogen-bond acceptors (Lipinski definition) is 3. The van der Waals surface area contributed by atoms with Crippen LogP contribution >= 0.6 is 0 Å². The van der Waals surface area contributed by atoms with Crippen LogP contribution in [0.1, 0.15) is 37.0 Å². The number of likely N-dealkylation sites (tertiary alicyclic amines) is 1. The molecule has 1 N–H and O–H groups in total. The number of amides is 1. The van der Waals surface area contributed by atoms with Gasteiger partial charge in [-0.2, -0.15) is 0 Å². The molecule has 4 heteroatoms. The van der Waals surface area contributed by atoms with E-state index >= 15 is 0 Å². The van der Waals surface area contributed by atoms with Gasteiger partial charge in [-0.15, -0.1) is 0 Å². The Morgan fingerprint density at radius 2 is 2.00 bits per heavy atom. The largest absolute Gasteiger partial charge is 0.376 e. The molecule has 1 atom stereocenters. The van der Waals surface area contributed by atoms with Crippen molar-refractivity contribution in [1.29, 1.82) is 0 Å². The van der Waals surface area contributed by atoms with Gasteiger partial charge >= 0.3 is 0 Å². The number of carbonyl (C=O) groups excluding carboxylic acids is 2. The lowest BCUT2D eigenvalue weighted by Gasteiger charge is -2.31. The molecule has 4 nitrogen and oxygen atoms in total. The number of nitrogens with zero attached hydrogens (tertiary/aromatic N) is 1. The van der Waals surface area contributed by atoms with E-state index in [0.717, 1.165) is 25.2 Å². The summed E-state index contributed by atoms with van der Waals surface area (Å²) in [5.74, 6) is 0.796. The van der Waals surface area contributed by atoms with E-state index in [1.165, 1.54) is 6.42 Å². The summed E-state index contributed by atoms with van der Waals surface area (Å²) in [5.41, 5.74) is 1.56. The molecule has 1 aliphatic heterocycles. The van der Waals surface area contributed by atoms with Gasteiger partial charge < -0.3 is 10.2 Å². The molecule has 20 heavy (non-hydrogen) atoms. The van der Waals surface area contributed by atoms with E-state index in [9.17, 15) is 9.59 Å². The first-order valence-electron chi connectivity index (χ1n) is 7.19. The molecule has 2 rings (SSSR count). The quantitative estimate of drug-likeness (QED) is 0.858. The number of piperidine rings is 1. The Bertz CT molecular complexity index is 482. The third-order valence-corrected chi connectivity index (χ3v) is 3.74. The molecular weight excluding hydrogens is 252 g/mol. The lowest BCUT2D eigenvalue weighted by molar-refractivity contribution is -0.130. The van der Waals surface area contributed by atoms with E-state index in [-0.39, 0.29) is 11.7 Å². The molecule has 1 aromatic rings. The third kappa shape index (κ3) is 3.83. The number of Topliss-reactive ketones (excluding diaryl/α,β-unsaturated/α-hetero) is 1. The van der Waals surface area contributed by atoms with Crippen LogP contribution in [0.2, 0.25) is 0 Å². The minimum absolute atomic E-state index is 0.0509. The van der Waals surface area contributed by atoms with E-state index < -0.39 is 0 Å². The summed E-state index contributed by atoms with van der Waals surface area (Å²) in [6.07, 6.45) is 2.31. The van der Waals surface area contributed by atoms with Crippen LogP contribution in [-0.4, -0.2) is 36.2 Å². The standard InChI is InChI=1S/C16H22N2O2/c1-12-4-3-9-18(11-12)16(20)10-17-15-7-5-14(6-8-15)13(2)19/h5-8,12,17H,3-4,9-11H2,1-2H3. The monoisotopic (exact) mass is 274 g/mol. The van der Waals surface area contributed by atoms with Crippen LogP contribution in [0.15, 0.2) is 24.3 Å². The number of nitrogens with one attached hydrogen (secondary N) is 1. The van der Waals surface area contributed by atoms with Crippen molar-refractivity contribution in [2.24, 2.45) is 5.92 Å². The highest BCUT2D eigenvalue weighted by Crippen LogP contribution is 2.16. The second kappa shape index (κ2) is 6.55. The van der Waals surface area contributed by atoms with Crippen molar-refractivity contribution >= 4 is 17.4 Å². The average Bonchev–Trinajstić information content (AvgIpc) is 2.45. The lowest BCUT2D eigenvalue weighted by Crippen LogP contribution is -2.41. The van der Waals surface area contributed by atoms with Crippen molar-refractivity contribution in [1.82, 2.24) is 4.90 Å². The van der Waals surface area contributed by atoms with Crippen LogP contribution in [0, 0.1) is 5.92 Å². The summed E-state index contributed by atoms with van der Waals surface area (Å²) in [7, 11) is 0. The van der Waals surface area contributed by atoms with Gasteiger partial charge in [0.15, 0.2) is 5.78 Å². The molecule has 1 heterocycles. The summed E-state index contributed by atoms with van der Waals surface area (Å²) in [6, 6.07) is 7.22. The number of hydrogen-bond donors (Lipinski definition) is 1. The van der Waals surface area contributed by atoms with Crippen LogP contribution in [0.4, 0.5) is 5.69 Å². The molecule has 1 aliphatic rings. The van der Waals surface area contributed by atoms with Gasteiger partial charge in [0.1, 0.15) is 0 Å². The van der Waals surface area contributed by atoms with Crippen molar-refractivity contribution < 1.29 is 9.59 Å². The zero-order valence-corrected chi connectivity index (χ0v) is 12.2. The molecule has 108 valence electrons. The van der Waals surface area contributed by atoms with Gasteiger partial charge in [-0.05, 0) is 49.9 Å². The fraction of sp³-hybridized carbons (Fsp3) is 0.500. The maximum atomic E-state index is 12.1. The highest BCUT2D eigenvalue weighted by atomic mass is 16.2. The van der Waals surface area contributed by atoms with Gasteiger partial charge in [0.2, 0.25) is 5.91 Å². The highest BCUT2D eigenvalue weighted by Gasteiger charge is 2.20. The van der Waals surface area contributed by atoms with E-state index in [1.54, 1.807) is 19.1 Å². The Morgan fingerprint density at radius 3 is 2.60 bits per heavy atom. The van der Waals surface area contributed by atoms with Crippen LogP contribution in [0.5, 0.6) is 0 Å². The van der Waals surface area contributed by atoms with Gasteiger partial charge in [0.05, 0.1) is 6.54 Å². The Hall–Kier alpha value is -1.84. The summed E-state index contributed by atoms with van der Waals surface area (Å²) in [6.45, 7) is 5.78. The molecule has 1 aromatic carbocycles. The Labute approximate surface area is 120 Å². The summed E-state index contributed by atoms with van der Waals surface area (Å²) in [4.78, 5) is 25.2. The molecule has 0 aromatic heterocycles. The van der Waals surface area contributed by atoms with E-state index in [1.807, 2.05) is 17.0 Å². The SMILES string of the molecule is CC(=O)c1ccc(NCC(=O)N2CCCC(C)C2)cc1. The first-order valence-corrected chi connectivity index (χ1v) is 7.19. The van der Waals surface area contributed by atoms with Crippen LogP contribution in [0.3, 0.4) is 0 Å². The number of rotatable bonds is 4. The van der Waals surface area contributed by atoms with Crippen molar-refractivity contribution in [2.45, 2.75) is 26.7 Å². The Balaban J connectivity index is 1.85. The summed E-state index contributed by atoms with van der Waals surface area (Å²) < 4.78 is 0. The predicted octanol–water partition coefficient (Wildman–Crippen LogP) is 2.56. The minimum atomic E-state index is 0.0509. The molecule has 1 saturated heterocycles. The zero-order chi connectivity index (χ0) is 14.5. The van der Waals surface area contributed by atoms with Gasteiger partial charge in [-0.25, -0.2) is 0 Å². The van der Waals surface area contributed by atoms with Gasteiger partial charge in [0, 0.05) is 24.3 Å². The smallest absolute Gasteiger partial charge is 0.241 e. The maximum absolute atomic E-state index is 12.1. The number of ketones is 1. The molecule has 0 aliphatic carbocycles. The van der Waals surface area contributed by atoms with E-state index in [2.05, 4.69) is 12.2 Å². The van der Waals surface area contributed by atoms with Crippen LogP contribution in [-0.2, 0) is 4.79 Å². The van der Waals surface area contributed by atoms with Gasteiger partial charge in [0.25, 0.3) is 0 Å². The number of carbonyl (C=O) groups is 2. The molecule has 1 fully saturated rings. The van der Waals surface area contributed by atoms with E-state index in [0.29, 0.717) is 18.0 Å². The predicted molar refractivity (Wildman–Crippen MR) is 79.9 cm³/mol.